The van der Waals surface area contributed by atoms with E-state index in [-0.39, 0.29) is 30.5 Å². The standard InChI is InChI=1S/C15H22F3N3O.HI/c1-11-4-5-13(22-3)12(10-11)6-8-20-14(19-2)21-9-7-15(16,17)18;/h4-5,10H,6-9H2,1-3H3,(H2,19,20,21);1H. The van der Waals surface area contributed by atoms with Gasteiger partial charge in [-0.05, 0) is 25.0 Å². The lowest BCUT2D eigenvalue weighted by atomic mass is 10.1. The van der Waals surface area contributed by atoms with Crippen molar-refractivity contribution in [2.75, 3.05) is 27.2 Å². The van der Waals surface area contributed by atoms with Gasteiger partial charge in [-0.15, -0.1) is 24.0 Å². The average molecular weight is 445 g/mol. The number of halogens is 4. The molecule has 1 rings (SSSR count). The summed E-state index contributed by atoms with van der Waals surface area (Å²) in [4.78, 5) is 3.89. The molecule has 0 amide bonds. The predicted octanol–water partition coefficient (Wildman–Crippen LogP) is 3.28. The van der Waals surface area contributed by atoms with Crippen LogP contribution < -0.4 is 15.4 Å². The van der Waals surface area contributed by atoms with Crippen LogP contribution in [0.15, 0.2) is 23.2 Å². The van der Waals surface area contributed by atoms with Crippen LogP contribution in [-0.4, -0.2) is 39.4 Å². The van der Waals surface area contributed by atoms with Gasteiger partial charge in [0.1, 0.15) is 5.75 Å². The van der Waals surface area contributed by atoms with Crippen molar-refractivity contribution in [2.45, 2.75) is 25.9 Å². The van der Waals surface area contributed by atoms with Crippen molar-refractivity contribution in [2.24, 2.45) is 4.99 Å². The number of methoxy groups -OCH3 is 1. The van der Waals surface area contributed by atoms with Crippen LogP contribution in [-0.2, 0) is 6.42 Å². The van der Waals surface area contributed by atoms with Gasteiger partial charge in [0, 0.05) is 20.1 Å². The van der Waals surface area contributed by atoms with Crippen LogP contribution in [0, 0.1) is 6.92 Å². The van der Waals surface area contributed by atoms with Crippen molar-refractivity contribution in [1.82, 2.24) is 10.6 Å². The fraction of sp³-hybridized carbons (Fsp3) is 0.533. The Hall–Kier alpha value is -1.19. The van der Waals surface area contributed by atoms with E-state index in [9.17, 15) is 13.2 Å². The Morgan fingerprint density at radius 2 is 1.87 bits per heavy atom. The summed E-state index contributed by atoms with van der Waals surface area (Å²) < 4.78 is 41.6. The van der Waals surface area contributed by atoms with Gasteiger partial charge in [0.15, 0.2) is 5.96 Å². The Morgan fingerprint density at radius 1 is 1.22 bits per heavy atom. The van der Waals surface area contributed by atoms with E-state index in [1.807, 2.05) is 25.1 Å². The minimum Gasteiger partial charge on any atom is -0.496 e. The van der Waals surface area contributed by atoms with Gasteiger partial charge < -0.3 is 15.4 Å². The summed E-state index contributed by atoms with van der Waals surface area (Å²) in [6.45, 7) is 2.34. The topological polar surface area (TPSA) is 45.7 Å². The lowest BCUT2D eigenvalue weighted by Crippen LogP contribution is -2.39. The first-order valence-electron chi connectivity index (χ1n) is 7.00. The third kappa shape index (κ3) is 8.87. The summed E-state index contributed by atoms with van der Waals surface area (Å²) in [6, 6.07) is 5.90. The molecule has 0 atom stereocenters. The first kappa shape index (κ1) is 21.8. The first-order chi connectivity index (χ1) is 10.4. The van der Waals surface area contributed by atoms with E-state index < -0.39 is 12.6 Å². The molecule has 8 heteroatoms. The van der Waals surface area contributed by atoms with Crippen LogP contribution in [0.2, 0.25) is 0 Å². The number of nitrogens with one attached hydrogen (secondary N) is 2. The van der Waals surface area contributed by atoms with Gasteiger partial charge in [-0.25, -0.2) is 0 Å². The summed E-state index contributed by atoms with van der Waals surface area (Å²) in [5.74, 6) is 1.16. The fourth-order valence-corrected chi connectivity index (χ4v) is 1.96. The molecule has 0 bridgehead atoms. The number of hydrogen-bond donors (Lipinski definition) is 2. The maximum absolute atomic E-state index is 12.1. The number of hydrogen-bond acceptors (Lipinski definition) is 2. The molecule has 0 saturated carbocycles. The third-order valence-corrected chi connectivity index (χ3v) is 3.05. The molecule has 0 unspecified atom stereocenters. The molecule has 0 aliphatic rings. The van der Waals surface area contributed by atoms with Gasteiger partial charge in [0.25, 0.3) is 0 Å². The molecule has 0 heterocycles. The van der Waals surface area contributed by atoms with E-state index in [0.717, 1.165) is 16.9 Å². The monoisotopic (exact) mass is 445 g/mol. The molecule has 0 aliphatic heterocycles. The third-order valence-electron chi connectivity index (χ3n) is 3.05. The fourth-order valence-electron chi connectivity index (χ4n) is 1.96. The number of ether oxygens (including phenoxy) is 1. The second-order valence-corrected chi connectivity index (χ2v) is 4.86. The van der Waals surface area contributed by atoms with Crippen LogP contribution in [0.5, 0.6) is 5.75 Å². The van der Waals surface area contributed by atoms with Crippen LogP contribution in [0.4, 0.5) is 13.2 Å². The van der Waals surface area contributed by atoms with Crippen molar-refractivity contribution in [3.63, 3.8) is 0 Å². The van der Waals surface area contributed by atoms with E-state index >= 15 is 0 Å². The Balaban J connectivity index is 0.00000484. The number of nitrogens with zero attached hydrogens (tertiary/aromatic N) is 1. The molecule has 1 aromatic rings. The Labute approximate surface area is 151 Å². The van der Waals surface area contributed by atoms with Gasteiger partial charge in [0.2, 0.25) is 0 Å². The Bertz CT molecular complexity index is 507. The molecule has 2 N–H and O–H groups in total. The molecular weight excluding hydrogens is 422 g/mol. The van der Waals surface area contributed by atoms with Gasteiger partial charge in [0.05, 0.1) is 13.5 Å². The van der Waals surface area contributed by atoms with Crippen LogP contribution in [0.25, 0.3) is 0 Å². The van der Waals surface area contributed by atoms with E-state index in [2.05, 4.69) is 15.6 Å². The molecule has 0 fully saturated rings. The highest BCUT2D eigenvalue weighted by Gasteiger charge is 2.26. The molecule has 0 spiro atoms. The number of benzene rings is 1. The lowest BCUT2D eigenvalue weighted by Gasteiger charge is -2.14. The van der Waals surface area contributed by atoms with E-state index in [4.69, 9.17) is 4.74 Å². The smallest absolute Gasteiger partial charge is 0.390 e. The lowest BCUT2D eigenvalue weighted by molar-refractivity contribution is -0.132. The number of rotatable bonds is 6. The van der Waals surface area contributed by atoms with Crippen LogP contribution in [0.3, 0.4) is 0 Å². The van der Waals surface area contributed by atoms with Crippen molar-refractivity contribution >= 4 is 29.9 Å². The number of alkyl halides is 3. The number of aryl methyl sites for hydroxylation is 1. The Morgan fingerprint density at radius 3 is 2.43 bits per heavy atom. The molecule has 4 nitrogen and oxygen atoms in total. The van der Waals surface area contributed by atoms with Crippen LogP contribution in [0.1, 0.15) is 17.5 Å². The van der Waals surface area contributed by atoms with Crippen molar-refractivity contribution in [3.05, 3.63) is 29.3 Å². The molecule has 23 heavy (non-hydrogen) atoms. The summed E-state index contributed by atoms with van der Waals surface area (Å²) in [7, 11) is 3.13. The average Bonchev–Trinajstić information content (AvgIpc) is 2.44. The number of guanidine groups is 1. The highest BCUT2D eigenvalue weighted by atomic mass is 127. The number of aliphatic imine (C=N–C) groups is 1. The van der Waals surface area contributed by atoms with Gasteiger partial charge in [-0.1, -0.05) is 17.7 Å². The van der Waals surface area contributed by atoms with Crippen molar-refractivity contribution in [1.29, 1.82) is 0 Å². The van der Waals surface area contributed by atoms with Crippen molar-refractivity contribution < 1.29 is 17.9 Å². The summed E-state index contributed by atoms with van der Waals surface area (Å²) in [5.41, 5.74) is 2.17. The second kappa shape index (κ2) is 10.6. The Kier molecular flexibility index (Phi) is 10.0. The normalized spacial score (nSPS) is 11.7. The highest BCUT2D eigenvalue weighted by molar-refractivity contribution is 14.0. The highest BCUT2D eigenvalue weighted by Crippen LogP contribution is 2.20. The molecule has 0 saturated heterocycles. The predicted molar refractivity (Wildman–Crippen MR) is 96.9 cm³/mol. The summed E-state index contributed by atoms with van der Waals surface area (Å²) >= 11 is 0. The zero-order valence-corrected chi connectivity index (χ0v) is 15.8. The van der Waals surface area contributed by atoms with Crippen molar-refractivity contribution in [3.8, 4) is 5.75 Å². The molecule has 0 aromatic heterocycles. The molecular formula is C15H23F3IN3O. The summed E-state index contributed by atoms with van der Waals surface area (Å²) in [5, 5.41) is 5.63. The molecule has 0 aliphatic carbocycles. The van der Waals surface area contributed by atoms with E-state index in [0.29, 0.717) is 18.9 Å². The zero-order valence-electron chi connectivity index (χ0n) is 13.5. The van der Waals surface area contributed by atoms with Crippen LogP contribution >= 0.6 is 24.0 Å². The minimum absolute atomic E-state index is 0. The maximum Gasteiger partial charge on any atom is 0.390 e. The molecule has 132 valence electrons. The maximum atomic E-state index is 12.1. The second-order valence-electron chi connectivity index (χ2n) is 4.86. The van der Waals surface area contributed by atoms with Gasteiger partial charge in [-0.2, -0.15) is 13.2 Å². The molecule has 1 aromatic carbocycles. The van der Waals surface area contributed by atoms with E-state index in [1.165, 1.54) is 7.05 Å². The first-order valence-corrected chi connectivity index (χ1v) is 7.00. The largest absolute Gasteiger partial charge is 0.496 e. The minimum atomic E-state index is -4.17. The van der Waals surface area contributed by atoms with E-state index in [1.54, 1.807) is 7.11 Å². The SMILES string of the molecule is CN=C(NCCc1cc(C)ccc1OC)NCCC(F)(F)F.I. The zero-order chi connectivity index (χ0) is 16.6. The van der Waals surface area contributed by atoms with Gasteiger partial charge >= 0.3 is 6.18 Å². The quantitative estimate of drug-likeness (QED) is 0.402. The molecule has 0 radical (unpaired) electrons. The summed E-state index contributed by atoms with van der Waals surface area (Å²) in [6.07, 6.45) is -4.37. The van der Waals surface area contributed by atoms with Gasteiger partial charge in [-0.3, -0.25) is 4.99 Å².